The highest BCUT2D eigenvalue weighted by Gasteiger charge is 2.30. The second kappa shape index (κ2) is 10.6. The van der Waals surface area contributed by atoms with Crippen LogP contribution in [0, 0.1) is 5.92 Å². The van der Waals surface area contributed by atoms with Gasteiger partial charge in [0.25, 0.3) is 0 Å². The number of aliphatic imine (C=N–C) groups is 1. The number of hydrogen-bond acceptors (Lipinski definition) is 5. The Kier molecular flexibility index (Phi) is 8.48. The van der Waals surface area contributed by atoms with Gasteiger partial charge in [0, 0.05) is 52.9 Å². The number of carbonyl (C=O) groups is 1. The van der Waals surface area contributed by atoms with Gasteiger partial charge < -0.3 is 19.7 Å². The summed E-state index contributed by atoms with van der Waals surface area (Å²) in [6, 6.07) is 0.724. The number of esters is 1. The molecule has 0 spiro atoms. The van der Waals surface area contributed by atoms with E-state index >= 15 is 0 Å². The molecule has 25 heavy (non-hydrogen) atoms. The predicted molar refractivity (Wildman–Crippen MR) is 98.8 cm³/mol. The molecule has 0 amide bonds. The molecule has 7 heteroatoms. The van der Waals surface area contributed by atoms with Gasteiger partial charge in [0.15, 0.2) is 5.96 Å². The third-order valence-electron chi connectivity index (χ3n) is 4.88. The van der Waals surface area contributed by atoms with Crippen molar-refractivity contribution in [1.29, 1.82) is 0 Å². The minimum absolute atomic E-state index is 0.0445. The van der Waals surface area contributed by atoms with Crippen LogP contribution in [0.2, 0.25) is 0 Å². The average molecular weight is 354 g/mol. The summed E-state index contributed by atoms with van der Waals surface area (Å²) in [6.07, 6.45) is 4.49. The fraction of sp³-hybridized carbons (Fsp3) is 0.889. The van der Waals surface area contributed by atoms with Crippen LogP contribution in [0.25, 0.3) is 0 Å². The number of carbonyl (C=O) groups excluding carboxylic acids is 1. The number of piperidine rings is 1. The van der Waals surface area contributed by atoms with Gasteiger partial charge >= 0.3 is 5.97 Å². The first kappa shape index (κ1) is 20.0. The smallest absolute Gasteiger partial charge is 0.310 e. The van der Waals surface area contributed by atoms with Gasteiger partial charge in [-0.25, -0.2) is 0 Å². The summed E-state index contributed by atoms with van der Waals surface area (Å²) in [6.45, 7) is 7.53. The summed E-state index contributed by atoms with van der Waals surface area (Å²) in [5.74, 6) is 0.760. The number of ether oxygens (including phenoxy) is 2. The molecule has 1 heterocycles. The second-order valence-corrected chi connectivity index (χ2v) is 6.77. The van der Waals surface area contributed by atoms with E-state index in [1.165, 1.54) is 12.8 Å². The molecule has 1 unspecified atom stereocenters. The molecule has 2 rings (SSSR count). The molecule has 1 aliphatic heterocycles. The van der Waals surface area contributed by atoms with Crippen molar-refractivity contribution < 1.29 is 14.3 Å². The lowest BCUT2D eigenvalue weighted by Crippen LogP contribution is -2.49. The van der Waals surface area contributed by atoms with E-state index in [2.05, 4.69) is 20.1 Å². The summed E-state index contributed by atoms with van der Waals surface area (Å²) in [5, 5.41) is 3.46. The molecule has 0 radical (unpaired) electrons. The van der Waals surface area contributed by atoms with Crippen molar-refractivity contribution in [3.05, 3.63) is 0 Å². The number of guanidine groups is 1. The van der Waals surface area contributed by atoms with Gasteiger partial charge in [-0.2, -0.15) is 0 Å². The van der Waals surface area contributed by atoms with Crippen LogP contribution in [0.1, 0.15) is 32.6 Å². The Hall–Kier alpha value is -1.34. The Morgan fingerprint density at radius 3 is 2.76 bits per heavy atom. The van der Waals surface area contributed by atoms with Gasteiger partial charge in [-0.3, -0.25) is 14.7 Å². The molecule has 1 atom stereocenters. The van der Waals surface area contributed by atoms with Gasteiger partial charge in [-0.05, 0) is 32.6 Å². The number of nitrogens with zero attached hydrogens (tertiary/aromatic N) is 3. The van der Waals surface area contributed by atoms with Gasteiger partial charge in [-0.15, -0.1) is 0 Å². The summed E-state index contributed by atoms with van der Waals surface area (Å²) < 4.78 is 10.4. The number of likely N-dealkylation sites (tertiary alicyclic amines) is 1. The lowest BCUT2D eigenvalue weighted by molar-refractivity contribution is -0.149. The van der Waals surface area contributed by atoms with Crippen molar-refractivity contribution >= 4 is 11.9 Å². The second-order valence-electron chi connectivity index (χ2n) is 6.77. The first-order chi connectivity index (χ1) is 12.2. The Bertz CT molecular complexity index is 440. The third-order valence-corrected chi connectivity index (χ3v) is 4.88. The van der Waals surface area contributed by atoms with E-state index in [0.29, 0.717) is 13.2 Å². The minimum Gasteiger partial charge on any atom is -0.466 e. The summed E-state index contributed by atoms with van der Waals surface area (Å²) in [7, 11) is 3.56. The molecular weight excluding hydrogens is 320 g/mol. The van der Waals surface area contributed by atoms with Crippen molar-refractivity contribution in [2.24, 2.45) is 10.9 Å². The molecule has 1 N–H and O–H groups in total. The highest BCUT2D eigenvalue weighted by Crippen LogP contribution is 2.26. The van der Waals surface area contributed by atoms with E-state index < -0.39 is 0 Å². The Labute approximate surface area is 151 Å². The maximum absolute atomic E-state index is 12.0. The number of rotatable bonds is 9. The quantitative estimate of drug-likeness (QED) is 0.378. The highest BCUT2D eigenvalue weighted by molar-refractivity contribution is 5.81. The van der Waals surface area contributed by atoms with E-state index in [-0.39, 0.29) is 11.9 Å². The van der Waals surface area contributed by atoms with Crippen LogP contribution in [0.15, 0.2) is 4.99 Å². The molecule has 2 aliphatic rings. The lowest BCUT2D eigenvalue weighted by atomic mass is 9.98. The maximum atomic E-state index is 12.0. The van der Waals surface area contributed by atoms with Gasteiger partial charge in [-0.1, -0.05) is 0 Å². The highest BCUT2D eigenvalue weighted by atomic mass is 16.5. The summed E-state index contributed by atoms with van der Waals surface area (Å²) in [5.41, 5.74) is 0. The summed E-state index contributed by atoms with van der Waals surface area (Å²) in [4.78, 5) is 21.1. The number of methoxy groups -OCH3 is 1. The van der Waals surface area contributed by atoms with E-state index in [1.54, 1.807) is 14.2 Å². The van der Waals surface area contributed by atoms with Crippen molar-refractivity contribution in [2.45, 2.75) is 38.6 Å². The zero-order chi connectivity index (χ0) is 18.1. The van der Waals surface area contributed by atoms with Crippen molar-refractivity contribution in [3.8, 4) is 0 Å². The molecule has 2 fully saturated rings. The molecule has 1 saturated carbocycles. The van der Waals surface area contributed by atoms with E-state index in [1.807, 2.05) is 6.92 Å². The van der Waals surface area contributed by atoms with Crippen molar-refractivity contribution in [3.63, 3.8) is 0 Å². The van der Waals surface area contributed by atoms with Crippen LogP contribution in [0.5, 0.6) is 0 Å². The standard InChI is InChI=1S/C18H34N4O3/c1-4-25-17(23)15-6-5-10-22(14-15)18(19-2)20-9-11-21(12-13-24-3)16-7-8-16/h15-16H,4-14H2,1-3H3,(H,19,20). The van der Waals surface area contributed by atoms with Gasteiger partial charge in [0.2, 0.25) is 0 Å². The largest absolute Gasteiger partial charge is 0.466 e. The van der Waals surface area contributed by atoms with Crippen LogP contribution < -0.4 is 5.32 Å². The maximum Gasteiger partial charge on any atom is 0.310 e. The van der Waals surface area contributed by atoms with Crippen LogP contribution >= 0.6 is 0 Å². The van der Waals surface area contributed by atoms with Crippen LogP contribution in [-0.2, 0) is 14.3 Å². The topological polar surface area (TPSA) is 66.4 Å². The summed E-state index contributed by atoms with van der Waals surface area (Å²) >= 11 is 0. The van der Waals surface area contributed by atoms with Crippen molar-refractivity contribution in [2.75, 3.05) is 60.1 Å². The molecule has 0 aromatic rings. The minimum atomic E-state index is -0.0814. The lowest BCUT2D eigenvalue weighted by Gasteiger charge is -2.34. The van der Waals surface area contributed by atoms with E-state index in [0.717, 1.165) is 57.6 Å². The van der Waals surface area contributed by atoms with Crippen LogP contribution in [-0.4, -0.2) is 87.9 Å². The van der Waals surface area contributed by atoms with E-state index in [9.17, 15) is 4.79 Å². The average Bonchev–Trinajstić information content (AvgIpc) is 3.46. The Balaban J connectivity index is 1.77. The first-order valence-electron chi connectivity index (χ1n) is 9.54. The zero-order valence-corrected chi connectivity index (χ0v) is 16.0. The SMILES string of the molecule is CCOC(=O)C1CCCN(C(=NC)NCCN(CCOC)C2CC2)C1. The molecule has 144 valence electrons. The monoisotopic (exact) mass is 354 g/mol. The molecule has 1 aliphatic carbocycles. The van der Waals surface area contributed by atoms with Gasteiger partial charge in [0.05, 0.1) is 19.1 Å². The zero-order valence-electron chi connectivity index (χ0n) is 16.0. The van der Waals surface area contributed by atoms with Crippen molar-refractivity contribution in [1.82, 2.24) is 15.1 Å². The van der Waals surface area contributed by atoms with Gasteiger partial charge in [0.1, 0.15) is 0 Å². The molecule has 0 bridgehead atoms. The fourth-order valence-electron chi connectivity index (χ4n) is 3.39. The Morgan fingerprint density at radius 2 is 2.12 bits per heavy atom. The normalized spacial score (nSPS) is 21.5. The fourth-order valence-corrected chi connectivity index (χ4v) is 3.39. The van der Waals surface area contributed by atoms with Crippen LogP contribution in [0.3, 0.4) is 0 Å². The third kappa shape index (κ3) is 6.47. The molecule has 0 aromatic heterocycles. The Morgan fingerprint density at radius 1 is 1.32 bits per heavy atom. The number of hydrogen-bond donors (Lipinski definition) is 1. The van der Waals surface area contributed by atoms with E-state index in [4.69, 9.17) is 9.47 Å². The number of nitrogens with one attached hydrogen (secondary N) is 1. The first-order valence-corrected chi connectivity index (χ1v) is 9.54. The molecule has 7 nitrogen and oxygen atoms in total. The molecular formula is C18H34N4O3. The van der Waals surface area contributed by atoms with Crippen LogP contribution in [0.4, 0.5) is 0 Å². The predicted octanol–water partition coefficient (Wildman–Crippen LogP) is 0.948. The molecule has 1 saturated heterocycles. The molecule has 0 aromatic carbocycles.